The maximum Gasteiger partial charge on any atom is 0.217 e. The van der Waals surface area contributed by atoms with Crippen molar-refractivity contribution in [3.05, 3.63) is 83.9 Å². The van der Waals surface area contributed by atoms with Crippen LogP contribution in [-0.4, -0.2) is 55.2 Å². The Bertz CT molecular complexity index is 1270. The lowest BCUT2D eigenvalue weighted by molar-refractivity contribution is -0.358. The summed E-state index contributed by atoms with van der Waals surface area (Å²) in [5.74, 6) is -1.73. The molecule has 38 heavy (non-hydrogen) atoms. The lowest BCUT2D eigenvalue weighted by Crippen LogP contribution is -2.68. The number of benzene rings is 3. The number of carboxylic acid groups (broad SMARTS) is 1. The van der Waals surface area contributed by atoms with Crippen LogP contribution in [0.3, 0.4) is 0 Å². The van der Waals surface area contributed by atoms with Crippen LogP contribution >= 0.6 is 0 Å². The average molecular weight is 521 g/mol. The van der Waals surface area contributed by atoms with Gasteiger partial charge in [-0.05, 0) is 29.3 Å². The molecular weight excluding hydrogens is 490 g/mol. The van der Waals surface area contributed by atoms with Gasteiger partial charge in [-0.2, -0.15) is 0 Å². The minimum Gasteiger partial charge on any atom is -0.547 e. The predicted molar refractivity (Wildman–Crippen MR) is 134 cm³/mol. The molecule has 0 spiro atoms. The number of amides is 1. The molecule has 0 aromatic heterocycles. The number of hydrogen-bond donors (Lipinski definition) is 1. The summed E-state index contributed by atoms with van der Waals surface area (Å²) in [5, 5.41) is 16.6. The Labute approximate surface area is 220 Å². The first-order valence-corrected chi connectivity index (χ1v) is 12.6. The summed E-state index contributed by atoms with van der Waals surface area (Å²) < 4.78 is 30.5. The number of fused-ring (bicyclic) bond motifs is 2. The van der Waals surface area contributed by atoms with Gasteiger partial charge in [0, 0.05) is 12.5 Å². The highest BCUT2D eigenvalue weighted by Gasteiger charge is 2.52. The van der Waals surface area contributed by atoms with Gasteiger partial charge in [0.2, 0.25) is 5.91 Å². The second-order valence-electron chi connectivity index (χ2n) is 9.50. The molecule has 0 bridgehead atoms. The molecule has 0 aliphatic carbocycles. The number of rotatable bonds is 8. The predicted octanol–water partition coefficient (Wildman–Crippen LogP) is 2.22. The van der Waals surface area contributed by atoms with Gasteiger partial charge < -0.3 is 38.9 Å². The van der Waals surface area contributed by atoms with Gasteiger partial charge in [0.05, 0.1) is 25.3 Å². The number of aliphatic carboxylic acids is 1. The molecule has 0 unspecified atom stereocenters. The van der Waals surface area contributed by atoms with E-state index < -0.39 is 49.0 Å². The summed E-state index contributed by atoms with van der Waals surface area (Å²) >= 11 is 0. The minimum absolute atomic E-state index is 0.159. The molecule has 2 aliphatic heterocycles. The van der Waals surface area contributed by atoms with Crippen molar-refractivity contribution in [3.63, 3.8) is 0 Å². The van der Waals surface area contributed by atoms with Crippen LogP contribution in [-0.2, 0) is 39.9 Å². The summed E-state index contributed by atoms with van der Waals surface area (Å²) in [6.45, 7) is 3.10. The minimum atomic E-state index is -1.38. The first-order valence-electron chi connectivity index (χ1n) is 12.6. The monoisotopic (exact) mass is 520 g/mol. The lowest BCUT2D eigenvalue weighted by atomic mass is 9.95. The topological polar surface area (TPSA) is 115 Å². The first-order chi connectivity index (χ1) is 18.4. The van der Waals surface area contributed by atoms with Crippen LogP contribution in [0.2, 0.25) is 0 Å². The molecule has 2 fully saturated rings. The van der Waals surface area contributed by atoms with Gasteiger partial charge in [-0.3, -0.25) is 4.79 Å². The van der Waals surface area contributed by atoms with E-state index >= 15 is 0 Å². The van der Waals surface area contributed by atoms with Gasteiger partial charge in [0.15, 0.2) is 12.6 Å². The molecule has 3 aromatic carbocycles. The van der Waals surface area contributed by atoms with E-state index in [1.165, 1.54) is 13.8 Å². The summed E-state index contributed by atoms with van der Waals surface area (Å²) in [6.07, 6.45) is -5.21. The third-order valence-electron chi connectivity index (χ3n) is 6.70. The Morgan fingerprint density at radius 1 is 1.03 bits per heavy atom. The highest BCUT2D eigenvalue weighted by atomic mass is 16.8. The van der Waals surface area contributed by atoms with Crippen LogP contribution in [0.4, 0.5) is 0 Å². The summed E-state index contributed by atoms with van der Waals surface area (Å²) in [5.41, 5.74) is 1.71. The number of carbonyl (C=O) groups excluding carboxylic acids is 2. The maximum atomic E-state index is 12.2. The Balaban J connectivity index is 1.40. The third kappa shape index (κ3) is 5.87. The van der Waals surface area contributed by atoms with Gasteiger partial charge in [-0.15, -0.1) is 0 Å². The summed E-state index contributed by atoms with van der Waals surface area (Å²) in [4.78, 5) is 23.8. The van der Waals surface area contributed by atoms with E-state index in [-0.39, 0.29) is 19.1 Å². The summed E-state index contributed by atoms with van der Waals surface area (Å²) in [6, 6.07) is 22.5. The van der Waals surface area contributed by atoms with E-state index in [1.807, 2.05) is 72.8 Å². The van der Waals surface area contributed by atoms with Crippen LogP contribution in [0.1, 0.15) is 31.3 Å². The van der Waals surface area contributed by atoms with E-state index in [9.17, 15) is 14.7 Å². The largest absolute Gasteiger partial charge is 0.547 e. The Hall–Kier alpha value is -3.34. The molecule has 3 aromatic rings. The van der Waals surface area contributed by atoms with E-state index in [0.717, 1.165) is 21.9 Å². The van der Waals surface area contributed by atoms with Gasteiger partial charge in [0.1, 0.15) is 24.4 Å². The molecule has 200 valence electrons. The zero-order chi connectivity index (χ0) is 26.6. The van der Waals surface area contributed by atoms with Crippen LogP contribution in [0, 0.1) is 0 Å². The van der Waals surface area contributed by atoms with Gasteiger partial charge in [0.25, 0.3) is 0 Å². The van der Waals surface area contributed by atoms with E-state index in [0.29, 0.717) is 0 Å². The quantitative estimate of drug-likeness (QED) is 0.481. The van der Waals surface area contributed by atoms with E-state index in [2.05, 4.69) is 5.32 Å². The van der Waals surface area contributed by atoms with Crippen molar-refractivity contribution in [1.29, 1.82) is 0 Å². The molecule has 0 saturated carbocycles. The number of carbonyl (C=O) groups is 2. The molecule has 2 heterocycles. The zero-order valence-electron chi connectivity index (χ0n) is 21.1. The van der Waals surface area contributed by atoms with Crippen molar-refractivity contribution in [3.8, 4) is 0 Å². The Kier molecular flexibility index (Phi) is 8.01. The van der Waals surface area contributed by atoms with Crippen molar-refractivity contribution in [2.24, 2.45) is 0 Å². The number of nitrogens with one attached hydrogen (secondary N) is 1. The van der Waals surface area contributed by atoms with Crippen LogP contribution in [0.25, 0.3) is 10.8 Å². The second-order valence-corrected chi connectivity index (χ2v) is 9.50. The average Bonchev–Trinajstić information content (AvgIpc) is 2.93. The molecule has 9 nitrogen and oxygen atoms in total. The van der Waals surface area contributed by atoms with Crippen LogP contribution < -0.4 is 10.4 Å². The fourth-order valence-corrected chi connectivity index (χ4v) is 4.84. The molecule has 2 saturated heterocycles. The first kappa shape index (κ1) is 26.3. The smallest absolute Gasteiger partial charge is 0.217 e. The molecule has 1 N–H and O–H groups in total. The molecule has 7 atom stereocenters. The number of ether oxygens (including phenoxy) is 5. The van der Waals surface area contributed by atoms with Crippen molar-refractivity contribution in [1.82, 2.24) is 5.32 Å². The third-order valence-corrected chi connectivity index (χ3v) is 6.70. The van der Waals surface area contributed by atoms with Crippen molar-refractivity contribution >= 4 is 22.6 Å². The van der Waals surface area contributed by atoms with E-state index in [1.54, 1.807) is 0 Å². The van der Waals surface area contributed by atoms with E-state index in [4.69, 9.17) is 23.7 Å². The van der Waals surface area contributed by atoms with Crippen molar-refractivity contribution in [2.75, 3.05) is 6.61 Å². The summed E-state index contributed by atoms with van der Waals surface area (Å²) in [7, 11) is 0. The number of carboxylic acids is 1. The Morgan fingerprint density at radius 3 is 2.50 bits per heavy atom. The lowest BCUT2D eigenvalue weighted by Gasteiger charge is -2.49. The van der Waals surface area contributed by atoms with Crippen LogP contribution in [0.5, 0.6) is 0 Å². The highest BCUT2D eigenvalue weighted by Crippen LogP contribution is 2.36. The normalized spacial score (nSPS) is 27.8. The molecule has 9 heteroatoms. The maximum absolute atomic E-state index is 12.2. The van der Waals surface area contributed by atoms with Crippen molar-refractivity contribution < 1.29 is 38.4 Å². The molecule has 0 radical (unpaired) electrons. The molecule has 5 rings (SSSR count). The fourth-order valence-electron chi connectivity index (χ4n) is 4.84. The molecular formula is C29H30NO8-. The standard InChI is InChI=1S/C29H31NO8/c1-17(27(32)33)36-26-24(30-18(2)31)29(34-15-19-12-13-20-8-6-7-11-22(20)14-19)37-23-16-35-28(38-25(23)26)21-9-4-3-5-10-21/h3-14,17,23-26,28-29H,15-16H2,1-2H3,(H,30,31)(H,32,33)/p-1/t17-,23+,24+,25+,26-,28-,29-/m1/s1. The second kappa shape index (κ2) is 11.6. The Morgan fingerprint density at radius 2 is 1.76 bits per heavy atom. The molecule has 2 aliphatic rings. The molecule has 1 amide bonds. The zero-order valence-corrected chi connectivity index (χ0v) is 21.1. The van der Waals surface area contributed by atoms with Gasteiger partial charge in [-0.1, -0.05) is 66.7 Å². The van der Waals surface area contributed by atoms with Gasteiger partial charge >= 0.3 is 0 Å². The SMILES string of the molecule is CC(=O)N[C@@H]1[C@H](OCc2ccc3ccccc3c2)O[C@H]2CO[C@@H](c3ccccc3)O[C@@H]2[C@@H]1O[C@H](C)C(=O)[O-]. The van der Waals surface area contributed by atoms with Crippen LogP contribution in [0.15, 0.2) is 72.8 Å². The fraction of sp³-hybridized carbons (Fsp3) is 0.379. The van der Waals surface area contributed by atoms with Gasteiger partial charge in [-0.25, -0.2) is 0 Å². The van der Waals surface area contributed by atoms with Crippen molar-refractivity contribution in [2.45, 2.75) is 63.5 Å². The number of hydrogen-bond acceptors (Lipinski definition) is 8. The highest BCUT2D eigenvalue weighted by molar-refractivity contribution is 5.82.